The zero-order valence-corrected chi connectivity index (χ0v) is 13.3. The van der Waals surface area contributed by atoms with Gasteiger partial charge in [-0.25, -0.2) is 4.98 Å². The standard InChI is InChI=1S/C13H13Cl2N5O2/c1-8-17-11(18-22-8)13(21)20-4-2-19(3-5-20)12-10(15)6-9(14)7-16-12/h6-7H,2-5H2,1H3. The van der Waals surface area contributed by atoms with Crippen LogP contribution in [0.1, 0.15) is 16.5 Å². The van der Waals surface area contributed by atoms with Crippen LogP contribution in [0.3, 0.4) is 0 Å². The van der Waals surface area contributed by atoms with Gasteiger partial charge in [-0.3, -0.25) is 4.79 Å². The van der Waals surface area contributed by atoms with Crippen molar-refractivity contribution in [3.8, 4) is 0 Å². The quantitative estimate of drug-likeness (QED) is 0.831. The molecule has 0 N–H and O–H groups in total. The van der Waals surface area contributed by atoms with Gasteiger partial charge in [-0.15, -0.1) is 0 Å². The Balaban J connectivity index is 1.66. The molecular weight excluding hydrogens is 329 g/mol. The molecule has 0 spiro atoms. The average molecular weight is 342 g/mol. The largest absolute Gasteiger partial charge is 0.352 e. The molecule has 7 nitrogen and oxygen atoms in total. The van der Waals surface area contributed by atoms with Crippen molar-refractivity contribution in [3.63, 3.8) is 0 Å². The number of aryl methyl sites for hydroxylation is 1. The molecule has 22 heavy (non-hydrogen) atoms. The molecule has 1 aliphatic heterocycles. The molecule has 3 rings (SSSR count). The lowest BCUT2D eigenvalue weighted by Crippen LogP contribution is -2.49. The van der Waals surface area contributed by atoms with Crippen molar-refractivity contribution in [2.24, 2.45) is 0 Å². The number of carbonyl (C=O) groups is 1. The Morgan fingerprint density at radius 1 is 1.27 bits per heavy atom. The molecule has 2 aromatic rings. The highest BCUT2D eigenvalue weighted by atomic mass is 35.5. The number of hydrogen-bond donors (Lipinski definition) is 0. The molecule has 2 aromatic heterocycles. The van der Waals surface area contributed by atoms with E-state index in [1.807, 2.05) is 4.90 Å². The average Bonchev–Trinajstić information content (AvgIpc) is 2.93. The van der Waals surface area contributed by atoms with Crippen molar-refractivity contribution in [2.45, 2.75) is 6.92 Å². The molecule has 1 fully saturated rings. The second-order valence-corrected chi connectivity index (χ2v) is 5.72. The summed E-state index contributed by atoms with van der Waals surface area (Å²) < 4.78 is 4.83. The van der Waals surface area contributed by atoms with Gasteiger partial charge in [-0.1, -0.05) is 28.4 Å². The van der Waals surface area contributed by atoms with Crippen LogP contribution in [0.15, 0.2) is 16.8 Å². The van der Waals surface area contributed by atoms with Crippen LogP contribution in [-0.2, 0) is 0 Å². The van der Waals surface area contributed by atoms with Crippen molar-refractivity contribution in [2.75, 3.05) is 31.1 Å². The summed E-state index contributed by atoms with van der Waals surface area (Å²) in [6.45, 7) is 3.96. The fourth-order valence-corrected chi connectivity index (χ4v) is 2.79. The number of hydrogen-bond acceptors (Lipinski definition) is 6. The minimum Gasteiger partial charge on any atom is -0.352 e. The maximum absolute atomic E-state index is 12.2. The molecule has 116 valence electrons. The molecular formula is C13H13Cl2N5O2. The number of anilines is 1. The lowest BCUT2D eigenvalue weighted by Gasteiger charge is -2.35. The fraction of sp³-hybridized carbons (Fsp3) is 0.385. The number of carbonyl (C=O) groups excluding carboxylic acids is 1. The first-order valence-electron chi connectivity index (χ1n) is 6.70. The highest BCUT2D eigenvalue weighted by Gasteiger charge is 2.26. The van der Waals surface area contributed by atoms with E-state index in [0.717, 1.165) is 0 Å². The first kappa shape index (κ1) is 15.1. The molecule has 0 saturated carbocycles. The predicted molar refractivity (Wildman–Crippen MR) is 81.4 cm³/mol. The third kappa shape index (κ3) is 3.00. The smallest absolute Gasteiger partial charge is 0.295 e. The lowest BCUT2D eigenvalue weighted by molar-refractivity contribution is 0.0731. The maximum atomic E-state index is 12.2. The normalized spacial score (nSPS) is 15.2. The molecule has 1 aliphatic rings. The Morgan fingerprint density at radius 3 is 2.59 bits per heavy atom. The predicted octanol–water partition coefficient (Wildman–Crippen LogP) is 2.04. The molecule has 3 heterocycles. The van der Waals surface area contributed by atoms with E-state index in [1.54, 1.807) is 24.1 Å². The second kappa shape index (κ2) is 6.10. The zero-order valence-electron chi connectivity index (χ0n) is 11.8. The summed E-state index contributed by atoms with van der Waals surface area (Å²) in [7, 11) is 0. The lowest BCUT2D eigenvalue weighted by atomic mass is 10.3. The fourth-order valence-electron chi connectivity index (χ4n) is 2.29. The minimum atomic E-state index is -0.230. The molecule has 1 amide bonds. The minimum absolute atomic E-state index is 0.0913. The highest BCUT2D eigenvalue weighted by Crippen LogP contribution is 2.26. The number of piperazine rings is 1. The molecule has 0 unspecified atom stereocenters. The molecule has 0 aromatic carbocycles. The van der Waals surface area contributed by atoms with E-state index in [0.29, 0.717) is 47.9 Å². The van der Waals surface area contributed by atoms with Gasteiger partial charge in [0.2, 0.25) is 5.89 Å². The van der Waals surface area contributed by atoms with Gasteiger partial charge < -0.3 is 14.3 Å². The summed E-state index contributed by atoms with van der Waals surface area (Å²) in [6, 6.07) is 1.66. The first-order chi connectivity index (χ1) is 10.5. The summed E-state index contributed by atoms with van der Waals surface area (Å²) in [5.41, 5.74) is 0. The Hall–Kier alpha value is -1.86. The molecule has 0 radical (unpaired) electrons. The van der Waals surface area contributed by atoms with Crippen LogP contribution in [-0.4, -0.2) is 52.1 Å². The van der Waals surface area contributed by atoms with E-state index in [9.17, 15) is 4.79 Å². The van der Waals surface area contributed by atoms with Gasteiger partial charge >= 0.3 is 0 Å². The summed E-state index contributed by atoms with van der Waals surface area (Å²) in [5, 5.41) is 4.65. The topological polar surface area (TPSA) is 75.4 Å². The summed E-state index contributed by atoms with van der Waals surface area (Å²) >= 11 is 12.0. The molecule has 0 bridgehead atoms. The van der Waals surface area contributed by atoms with Crippen molar-refractivity contribution >= 4 is 34.9 Å². The van der Waals surface area contributed by atoms with Gasteiger partial charge in [-0.05, 0) is 6.07 Å². The summed E-state index contributed by atoms with van der Waals surface area (Å²) in [6.07, 6.45) is 1.56. The molecule has 0 atom stereocenters. The third-order valence-corrected chi connectivity index (χ3v) is 3.86. The Kier molecular flexibility index (Phi) is 4.17. The van der Waals surface area contributed by atoms with Crippen LogP contribution in [0.4, 0.5) is 5.82 Å². The van der Waals surface area contributed by atoms with Crippen LogP contribution >= 0.6 is 23.2 Å². The van der Waals surface area contributed by atoms with Gasteiger partial charge in [0, 0.05) is 39.3 Å². The van der Waals surface area contributed by atoms with Gasteiger partial charge in [0.25, 0.3) is 11.7 Å². The zero-order chi connectivity index (χ0) is 15.7. The Morgan fingerprint density at radius 2 is 2.00 bits per heavy atom. The number of halogens is 2. The molecule has 0 aliphatic carbocycles. The van der Waals surface area contributed by atoms with Crippen LogP contribution in [0.5, 0.6) is 0 Å². The van der Waals surface area contributed by atoms with Gasteiger partial charge in [0.05, 0.1) is 10.0 Å². The van der Waals surface area contributed by atoms with E-state index < -0.39 is 0 Å². The Bertz CT molecular complexity index is 697. The summed E-state index contributed by atoms with van der Waals surface area (Å²) in [4.78, 5) is 24.1. The van der Waals surface area contributed by atoms with Crippen molar-refractivity contribution in [1.29, 1.82) is 0 Å². The number of nitrogens with zero attached hydrogens (tertiary/aromatic N) is 5. The van der Waals surface area contributed by atoms with Gasteiger partial charge in [0.1, 0.15) is 5.82 Å². The van der Waals surface area contributed by atoms with Crippen molar-refractivity contribution < 1.29 is 9.32 Å². The Labute approximate surface area is 136 Å². The van der Waals surface area contributed by atoms with E-state index in [1.165, 1.54) is 0 Å². The van der Waals surface area contributed by atoms with Gasteiger partial charge in [-0.2, -0.15) is 4.98 Å². The summed E-state index contributed by atoms with van der Waals surface area (Å²) in [5.74, 6) is 0.910. The van der Waals surface area contributed by atoms with E-state index in [4.69, 9.17) is 27.7 Å². The molecule has 9 heteroatoms. The SMILES string of the molecule is Cc1nc(C(=O)N2CCN(c3ncc(Cl)cc3Cl)CC2)no1. The highest BCUT2D eigenvalue weighted by molar-refractivity contribution is 6.36. The monoisotopic (exact) mass is 341 g/mol. The van der Waals surface area contributed by atoms with E-state index >= 15 is 0 Å². The van der Waals surface area contributed by atoms with Crippen LogP contribution in [0.25, 0.3) is 0 Å². The van der Waals surface area contributed by atoms with Crippen molar-refractivity contribution in [1.82, 2.24) is 20.0 Å². The van der Waals surface area contributed by atoms with E-state index in [-0.39, 0.29) is 11.7 Å². The van der Waals surface area contributed by atoms with Crippen LogP contribution in [0, 0.1) is 6.92 Å². The third-order valence-electron chi connectivity index (χ3n) is 3.37. The second-order valence-electron chi connectivity index (χ2n) is 4.88. The first-order valence-corrected chi connectivity index (χ1v) is 7.46. The number of rotatable bonds is 2. The van der Waals surface area contributed by atoms with Gasteiger partial charge in [0.15, 0.2) is 0 Å². The number of pyridine rings is 1. The van der Waals surface area contributed by atoms with Crippen LogP contribution < -0.4 is 4.90 Å². The van der Waals surface area contributed by atoms with E-state index in [2.05, 4.69) is 15.1 Å². The number of aromatic nitrogens is 3. The number of amides is 1. The van der Waals surface area contributed by atoms with Crippen molar-refractivity contribution in [3.05, 3.63) is 34.0 Å². The van der Waals surface area contributed by atoms with Crippen LogP contribution in [0.2, 0.25) is 10.0 Å². The maximum Gasteiger partial charge on any atom is 0.295 e. The molecule has 1 saturated heterocycles.